The molecule has 1 N–H and O–H groups in total. The summed E-state index contributed by atoms with van der Waals surface area (Å²) in [5.74, 6) is 0.876. The van der Waals surface area contributed by atoms with Gasteiger partial charge in [0.05, 0.1) is 17.4 Å². The zero-order valence-corrected chi connectivity index (χ0v) is 12.8. The molecule has 0 atom stereocenters. The van der Waals surface area contributed by atoms with Crippen molar-refractivity contribution < 1.29 is 17.7 Å². The van der Waals surface area contributed by atoms with Crippen LogP contribution in [-0.2, 0) is 10.1 Å². The maximum Gasteiger partial charge on any atom is 0.269 e. The molecule has 0 fully saturated rings. The molecule has 2 aromatic rings. The number of para-hydroxylation sites is 1. The molecule has 0 aliphatic heterocycles. The molecule has 6 heteroatoms. The Morgan fingerprint density at radius 3 is 2.20 bits per heavy atom. The van der Waals surface area contributed by atoms with Gasteiger partial charge in [-0.2, -0.15) is 8.42 Å². The molecule has 0 aliphatic rings. The number of nitrogens with zero attached hydrogens (tertiary/aromatic N) is 1. The number of rotatable bonds is 1. The van der Waals surface area contributed by atoms with Gasteiger partial charge >= 0.3 is 0 Å². The van der Waals surface area contributed by atoms with E-state index in [4.69, 9.17) is 9.29 Å². The first-order chi connectivity index (χ1) is 9.17. The third-order valence-electron chi connectivity index (χ3n) is 2.60. The second-order valence-electron chi connectivity index (χ2n) is 5.12. The van der Waals surface area contributed by atoms with E-state index < -0.39 is 14.9 Å². The van der Waals surface area contributed by atoms with E-state index >= 15 is 0 Å². The Hall–Kier alpha value is -1.66. The number of hydrogen-bond donors (Lipinski definition) is 1. The first kappa shape index (κ1) is 16.4. The van der Waals surface area contributed by atoms with E-state index in [1.807, 2.05) is 30.3 Å². The van der Waals surface area contributed by atoms with Gasteiger partial charge in [0, 0.05) is 11.6 Å². The zero-order valence-electron chi connectivity index (χ0n) is 12.0. The molecule has 0 bridgehead atoms. The van der Waals surface area contributed by atoms with Crippen molar-refractivity contribution in [1.82, 2.24) is 4.98 Å². The maximum atomic E-state index is 10.2. The number of fused-ring (bicyclic) bond motifs is 1. The summed E-state index contributed by atoms with van der Waals surface area (Å²) in [5, 5.41) is 1.06. The molecular weight excluding hydrogens is 278 g/mol. The lowest BCUT2D eigenvalue weighted by atomic mass is 10.2. The van der Waals surface area contributed by atoms with Gasteiger partial charge < -0.3 is 4.74 Å². The first-order valence-electron chi connectivity index (χ1n) is 6.01. The van der Waals surface area contributed by atoms with E-state index in [0.717, 1.165) is 16.7 Å². The van der Waals surface area contributed by atoms with Gasteiger partial charge in [-0.05, 0) is 39.0 Å². The third-order valence-corrected chi connectivity index (χ3v) is 4.15. The Kier molecular flexibility index (Phi) is 5.08. The summed E-state index contributed by atoms with van der Waals surface area (Å²) in [6.45, 7) is 4.30. The first-order valence-corrected chi connectivity index (χ1v) is 7.45. The second kappa shape index (κ2) is 6.19. The number of hydrogen-bond acceptors (Lipinski definition) is 4. The number of benzene rings is 1. The van der Waals surface area contributed by atoms with Crippen LogP contribution in [0.2, 0.25) is 0 Å². The topological polar surface area (TPSA) is 76.5 Å². The van der Waals surface area contributed by atoms with Crippen molar-refractivity contribution in [3.05, 3.63) is 36.5 Å². The highest BCUT2D eigenvalue weighted by Gasteiger charge is 2.25. The normalized spacial score (nSPS) is 11.7. The van der Waals surface area contributed by atoms with Gasteiger partial charge in [-0.15, -0.1) is 0 Å². The van der Waals surface area contributed by atoms with Crippen LogP contribution in [0.4, 0.5) is 0 Å². The van der Waals surface area contributed by atoms with Crippen LogP contribution in [-0.4, -0.2) is 29.8 Å². The largest absolute Gasteiger partial charge is 0.496 e. The summed E-state index contributed by atoms with van der Waals surface area (Å²) in [6.07, 6.45) is 1.75. The molecule has 0 saturated carbocycles. The molecule has 110 valence electrons. The van der Waals surface area contributed by atoms with Crippen molar-refractivity contribution in [2.24, 2.45) is 0 Å². The predicted molar refractivity (Wildman–Crippen MR) is 79.6 cm³/mol. The Morgan fingerprint density at radius 1 is 1.15 bits per heavy atom. The minimum absolute atomic E-state index is 0.876. The molecule has 20 heavy (non-hydrogen) atoms. The molecule has 2 rings (SSSR count). The van der Waals surface area contributed by atoms with Crippen LogP contribution in [0.15, 0.2) is 36.5 Å². The Balaban J connectivity index is 0.000000221. The highest BCUT2D eigenvalue weighted by molar-refractivity contribution is 7.87. The summed E-state index contributed by atoms with van der Waals surface area (Å²) < 4.78 is 32.9. The van der Waals surface area contributed by atoms with Crippen molar-refractivity contribution >= 4 is 21.0 Å². The number of aromatic nitrogens is 1. The van der Waals surface area contributed by atoms with Crippen molar-refractivity contribution in [3.8, 4) is 5.75 Å². The number of pyridine rings is 1. The Bertz CT molecular complexity index is 670. The van der Waals surface area contributed by atoms with Gasteiger partial charge in [-0.25, -0.2) is 0 Å². The average Bonchev–Trinajstić information content (AvgIpc) is 2.36. The summed E-state index contributed by atoms with van der Waals surface area (Å²) in [7, 11) is -2.17. The van der Waals surface area contributed by atoms with E-state index in [2.05, 4.69) is 4.98 Å². The summed E-state index contributed by atoms with van der Waals surface area (Å²) in [6, 6.07) is 9.78. The summed E-state index contributed by atoms with van der Waals surface area (Å²) in [5.41, 5.74) is 0.969. The second-order valence-corrected chi connectivity index (χ2v) is 7.29. The van der Waals surface area contributed by atoms with E-state index in [1.54, 1.807) is 13.3 Å². The van der Waals surface area contributed by atoms with Crippen LogP contribution >= 0.6 is 0 Å². The van der Waals surface area contributed by atoms with E-state index in [1.165, 1.54) is 20.8 Å². The van der Waals surface area contributed by atoms with Crippen molar-refractivity contribution in [2.45, 2.75) is 25.5 Å². The third kappa shape index (κ3) is 4.18. The standard InChI is InChI=1S/C10H9NO.C4H10O3S/c1-12-10-6-7-11-9-5-3-2-4-8(9)10;1-4(2,3)8(5,6)7/h2-7H,1H3;1-3H3,(H,5,6,7). The van der Waals surface area contributed by atoms with Crippen molar-refractivity contribution in [2.75, 3.05) is 7.11 Å². The fourth-order valence-electron chi connectivity index (χ4n) is 1.25. The lowest BCUT2D eigenvalue weighted by molar-refractivity contribution is 0.419. The molecule has 0 saturated heterocycles. The fourth-order valence-corrected chi connectivity index (χ4v) is 1.25. The smallest absolute Gasteiger partial charge is 0.269 e. The van der Waals surface area contributed by atoms with Crippen LogP contribution in [0.3, 0.4) is 0 Å². The van der Waals surface area contributed by atoms with Crippen LogP contribution in [0.25, 0.3) is 10.9 Å². The van der Waals surface area contributed by atoms with Crippen LogP contribution in [0, 0.1) is 0 Å². The number of methoxy groups -OCH3 is 1. The molecule has 0 aliphatic carbocycles. The molecular formula is C14H19NO4S. The zero-order chi connectivity index (χ0) is 15.4. The SMILES string of the molecule is CC(C)(C)S(=O)(=O)O.COc1ccnc2ccccc12. The Labute approximate surface area is 119 Å². The van der Waals surface area contributed by atoms with Crippen LogP contribution < -0.4 is 4.74 Å². The highest BCUT2D eigenvalue weighted by atomic mass is 32.2. The van der Waals surface area contributed by atoms with Crippen molar-refractivity contribution in [3.63, 3.8) is 0 Å². The van der Waals surface area contributed by atoms with Gasteiger partial charge in [0.25, 0.3) is 10.1 Å². The minimum Gasteiger partial charge on any atom is -0.496 e. The van der Waals surface area contributed by atoms with Gasteiger partial charge in [0.1, 0.15) is 5.75 Å². The van der Waals surface area contributed by atoms with Crippen LogP contribution in [0.5, 0.6) is 5.75 Å². The predicted octanol–water partition coefficient (Wildman–Crippen LogP) is 2.92. The van der Waals surface area contributed by atoms with Crippen LogP contribution in [0.1, 0.15) is 20.8 Å². The molecule has 1 aromatic heterocycles. The molecule has 0 spiro atoms. The van der Waals surface area contributed by atoms with E-state index in [9.17, 15) is 8.42 Å². The molecule has 5 nitrogen and oxygen atoms in total. The van der Waals surface area contributed by atoms with Crippen molar-refractivity contribution in [1.29, 1.82) is 0 Å². The maximum absolute atomic E-state index is 10.2. The molecule has 1 heterocycles. The minimum atomic E-state index is -3.84. The van der Waals surface area contributed by atoms with E-state index in [-0.39, 0.29) is 0 Å². The van der Waals surface area contributed by atoms with Gasteiger partial charge in [-0.3, -0.25) is 9.54 Å². The van der Waals surface area contributed by atoms with Gasteiger partial charge in [0.15, 0.2) is 0 Å². The van der Waals surface area contributed by atoms with Gasteiger partial charge in [-0.1, -0.05) is 12.1 Å². The monoisotopic (exact) mass is 297 g/mol. The molecule has 1 aromatic carbocycles. The molecule has 0 amide bonds. The summed E-state index contributed by atoms with van der Waals surface area (Å²) >= 11 is 0. The molecule has 0 radical (unpaired) electrons. The fraction of sp³-hybridized carbons (Fsp3) is 0.357. The van der Waals surface area contributed by atoms with E-state index in [0.29, 0.717) is 0 Å². The number of ether oxygens (including phenoxy) is 1. The average molecular weight is 297 g/mol. The van der Waals surface area contributed by atoms with Gasteiger partial charge in [0.2, 0.25) is 0 Å². The Morgan fingerprint density at radius 2 is 1.70 bits per heavy atom. The lowest BCUT2D eigenvalue weighted by Gasteiger charge is -2.12. The highest BCUT2D eigenvalue weighted by Crippen LogP contribution is 2.22. The quantitative estimate of drug-likeness (QED) is 0.819. The summed E-state index contributed by atoms with van der Waals surface area (Å²) in [4.78, 5) is 4.21. The molecule has 0 unspecified atom stereocenters. The lowest BCUT2D eigenvalue weighted by Crippen LogP contribution is -2.26.